The molecule has 0 unspecified atom stereocenters. The van der Waals surface area contributed by atoms with Gasteiger partial charge in [-0.25, -0.2) is 4.98 Å². The molecule has 0 bridgehead atoms. The molecule has 5 rings (SSSR count). The molecule has 6 heteroatoms. The standard InChI is InChI=1S/C26H17N3O3/c30-26-21-12-4-5-13-22(21)27-25(17-16-19-9-2-6-14-23(19)29(31)32)28(26)24-15-7-10-18-8-1-3-11-20(18)24/h1-17H. The van der Waals surface area contributed by atoms with E-state index in [2.05, 4.69) is 0 Å². The van der Waals surface area contributed by atoms with Gasteiger partial charge in [0.25, 0.3) is 11.2 Å². The van der Waals surface area contributed by atoms with E-state index in [1.807, 2.05) is 54.6 Å². The number of nitro groups is 1. The van der Waals surface area contributed by atoms with Crippen LogP contribution in [0.2, 0.25) is 0 Å². The maximum absolute atomic E-state index is 13.6. The number of fused-ring (bicyclic) bond motifs is 2. The minimum atomic E-state index is -0.425. The minimum Gasteiger partial charge on any atom is -0.268 e. The van der Waals surface area contributed by atoms with Crippen LogP contribution in [0, 0.1) is 10.1 Å². The molecule has 0 aliphatic carbocycles. The predicted molar refractivity (Wildman–Crippen MR) is 127 cm³/mol. The molecule has 0 aliphatic rings. The van der Waals surface area contributed by atoms with Gasteiger partial charge in [0.05, 0.1) is 27.1 Å². The molecule has 5 aromatic rings. The summed E-state index contributed by atoms with van der Waals surface area (Å²) in [5.74, 6) is 0.392. The molecule has 0 saturated heterocycles. The second-order valence-corrected chi connectivity index (χ2v) is 7.28. The molecule has 0 atom stereocenters. The number of para-hydroxylation sites is 2. The lowest BCUT2D eigenvalue weighted by Gasteiger charge is -2.14. The summed E-state index contributed by atoms with van der Waals surface area (Å²) in [6.07, 6.45) is 3.27. The third-order valence-electron chi connectivity index (χ3n) is 5.35. The normalized spacial score (nSPS) is 11.4. The Hall–Kier alpha value is -4.58. The van der Waals surface area contributed by atoms with Gasteiger partial charge in [-0.15, -0.1) is 0 Å². The Balaban J connectivity index is 1.80. The van der Waals surface area contributed by atoms with E-state index >= 15 is 0 Å². The maximum Gasteiger partial charge on any atom is 0.276 e. The van der Waals surface area contributed by atoms with Crippen molar-refractivity contribution < 1.29 is 4.92 Å². The second kappa shape index (κ2) is 7.92. The van der Waals surface area contributed by atoms with Crippen molar-refractivity contribution in [3.8, 4) is 5.69 Å². The zero-order valence-corrected chi connectivity index (χ0v) is 16.9. The largest absolute Gasteiger partial charge is 0.276 e. The Kier molecular flexibility index (Phi) is 4.80. The average molecular weight is 419 g/mol. The Morgan fingerprint density at radius 1 is 0.781 bits per heavy atom. The van der Waals surface area contributed by atoms with E-state index < -0.39 is 4.92 Å². The zero-order valence-electron chi connectivity index (χ0n) is 16.9. The first-order valence-electron chi connectivity index (χ1n) is 10.0. The van der Waals surface area contributed by atoms with Crippen molar-refractivity contribution >= 4 is 39.5 Å². The lowest BCUT2D eigenvalue weighted by Crippen LogP contribution is -2.22. The van der Waals surface area contributed by atoms with Gasteiger partial charge in [-0.05, 0) is 41.8 Å². The van der Waals surface area contributed by atoms with E-state index in [4.69, 9.17) is 4.98 Å². The number of hydrogen-bond acceptors (Lipinski definition) is 4. The first kappa shape index (κ1) is 19.4. The summed E-state index contributed by atoms with van der Waals surface area (Å²) < 4.78 is 1.57. The summed E-state index contributed by atoms with van der Waals surface area (Å²) >= 11 is 0. The summed E-state index contributed by atoms with van der Waals surface area (Å²) in [4.78, 5) is 29.2. The van der Waals surface area contributed by atoms with Crippen molar-refractivity contribution in [2.24, 2.45) is 0 Å². The maximum atomic E-state index is 13.6. The summed E-state index contributed by atoms with van der Waals surface area (Å²) in [6.45, 7) is 0. The van der Waals surface area contributed by atoms with Crippen LogP contribution in [0.3, 0.4) is 0 Å². The molecule has 0 amide bonds. The van der Waals surface area contributed by atoms with Crippen LogP contribution >= 0.6 is 0 Å². The number of hydrogen-bond donors (Lipinski definition) is 0. The van der Waals surface area contributed by atoms with Crippen molar-refractivity contribution in [3.05, 3.63) is 123 Å². The molecule has 0 aliphatic heterocycles. The van der Waals surface area contributed by atoms with Crippen LogP contribution in [0.25, 0.3) is 39.5 Å². The van der Waals surface area contributed by atoms with Crippen LogP contribution in [0.15, 0.2) is 95.8 Å². The number of nitro benzene ring substituents is 1. The number of aromatic nitrogens is 2. The highest BCUT2D eigenvalue weighted by molar-refractivity contribution is 5.91. The minimum absolute atomic E-state index is 0.0106. The Morgan fingerprint density at radius 2 is 1.47 bits per heavy atom. The van der Waals surface area contributed by atoms with Gasteiger partial charge in [-0.2, -0.15) is 0 Å². The molecular weight excluding hydrogens is 402 g/mol. The fraction of sp³-hybridized carbons (Fsp3) is 0. The van der Waals surface area contributed by atoms with Crippen LogP contribution in [-0.2, 0) is 0 Å². The van der Waals surface area contributed by atoms with Gasteiger partial charge in [0, 0.05) is 11.5 Å². The third kappa shape index (κ3) is 3.33. The SMILES string of the molecule is O=c1c2ccccc2nc(C=Cc2ccccc2[N+](=O)[O-])n1-c1cccc2ccccc12. The van der Waals surface area contributed by atoms with Crippen molar-refractivity contribution in [3.63, 3.8) is 0 Å². The van der Waals surface area contributed by atoms with Gasteiger partial charge in [-0.1, -0.05) is 60.7 Å². The Bertz CT molecular complexity index is 1580. The van der Waals surface area contributed by atoms with Crippen LogP contribution in [0.4, 0.5) is 5.69 Å². The van der Waals surface area contributed by atoms with Crippen LogP contribution < -0.4 is 5.56 Å². The van der Waals surface area contributed by atoms with Crippen LogP contribution in [0.5, 0.6) is 0 Å². The molecule has 1 heterocycles. The fourth-order valence-electron chi connectivity index (χ4n) is 3.86. The van der Waals surface area contributed by atoms with E-state index in [9.17, 15) is 14.9 Å². The molecule has 32 heavy (non-hydrogen) atoms. The Morgan fingerprint density at radius 3 is 2.31 bits per heavy atom. The molecule has 0 saturated carbocycles. The van der Waals surface area contributed by atoms with Crippen molar-refractivity contribution in [2.75, 3.05) is 0 Å². The van der Waals surface area contributed by atoms with Crippen LogP contribution in [0.1, 0.15) is 11.4 Å². The molecule has 0 spiro atoms. The fourth-order valence-corrected chi connectivity index (χ4v) is 3.86. The summed E-state index contributed by atoms with van der Waals surface area (Å²) in [5, 5.41) is 13.8. The lowest BCUT2D eigenvalue weighted by atomic mass is 10.1. The smallest absolute Gasteiger partial charge is 0.268 e. The van der Waals surface area contributed by atoms with E-state index in [1.54, 1.807) is 47.1 Å². The number of benzene rings is 4. The van der Waals surface area contributed by atoms with Crippen LogP contribution in [-0.4, -0.2) is 14.5 Å². The quantitative estimate of drug-likeness (QED) is 0.280. The van der Waals surface area contributed by atoms with Gasteiger partial charge >= 0.3 is 0 Å². The molecule has 1 aromatic heterocycles. The Labute approximate surface area is 182 Å². The molecular formula is C26H17N3O3. The highest BCUT2D eigenvalue weighted by atomic mass is 16.6. The summed E-state index contributed by atoms with van der Waals surface area (Å²) in [5.41, 5.74) is 1.49. The molecule has 154 valence electrons. The first-order chi connectivity index (χ1) is 15.6. The average Bonchev–Trinajstić information content (AvgIpc) is 2.83. The van der Waals surface area contributed by atoms with Crippen molar-refractivity contribution in [1.29, 1.82) is 0 Å². The topological polar surface area (TPSA) is 78.0 Å². The van der Waals surface area contributed by atoms with E-state index in [0.717, 1.165) is 10.8 Å². The first-order valence-corrected chi connectivity index (χ1v) is 10.0. The number of rotatable bonds is 4. The van der Waals surface area contributed by atoms with Crippen molar-refractivity contribution in [1.82, 2.24) is 9.55 Å². The summed E-state index contributed by atoms with van der Waals surface area (Å²) in [6, 6.07) is 27.2. The zero-order chi connectivity index (χ0) is 22.1. The predicted octanol–water partition coefficient (Wildman–Crippen LogP) is 5.62. The molecule has 0 fully saturated rings. The highest BCUT2D eigenvalue weighted by Gasteiger charge is 2.14. The van der Waals surface area contributed by atoms with Gasteiger partial charge in [0.2, 0.25) is 0 Å². The van der Waals surface area contributed by atoms with Gasteiger partial charge in [0.15, 0.2) is 0 Å². The van der Waals surface area contributed by atoms with Gasteiger partial charge < -0.3 is 0 Å². The third-order valence-corrected chi connectivity index (χ3v) is 5.35. The molecule has 0 radical (unpaired) electrons. The second-order valence-electron chi connectivity index (χ2n) is 7.28. The highest BCUT2D eigenvalue weighted by Crippen LogP contribution is 2.25. The van der Waals surface area contributed by atoms with E-state index in [0.29, 0.717) is 28.0 Å². The van der Waals surface area contributed by atoms with E-state index in [-0.39, 0.29) is 11.2 Å². The molecule has 4 aromatic carbocycles. The number of nitrogens with zero attached hydrogens (tertiary/aromatic N) is 3. The van der Waals surface area contributed by atoms with Crippen molar-refractivity contribution in [2.45, 2.75) is 0 Å². The summed E-state index contributed by atoms with van der Waals surface area (Å²) in [7, 11) is 0. The molecule has 6 nitrogen and oxygen atoms in total. The molecule has 0 N–H and O–H groups in total. The lowest BCUT2D eigenvalue weighted by molar-refractivity contribution is -0.385. The van der Waals surface area contributed by atoms with Gasteiger partial charge in [-0.3, -0.25) is 19.5 Å². The monoisotopic (exact) mass is 419 g/mol. The van der Waals surface area contributed by atoms with Gasteiger partial charge in [0.1, 0.15) is 5.82 Å². The van der Waals surface area contributed by atoms with E-state index in [1.165, 1.54) is 6.07 Å².